The monoisotopic (exact) mass is 453 g/mol. The van der Waals surface area contributed by atoms with E-state index in [4.69, 9.17) is 0 Å². The molecule has 0 aliphatic rings. The van der Waals surface area contributed by atoms with E-state index in [1.807, 2.05) is 0 Å². The molecular weight excluding hydrogens is 434 g/mol. The van der Waals surface area contributed by atoms with E-state index in [0.717, 1.165) is 10.6 Å². The van der Waals surface area contributed by atoms with Crippen LogP contribution in [0.4, 0.5) is 5.13 Å². The highest BCUT2D eigenvalue weighted by Gasteiger charge is 2.18. The van der Waals surface area contributed by atoms with Crippen molar-refractivity contribution in [3.8, 4) is 0 Å². The zero-order chi connectivity index (χ0) is 21.4. The predicted octanol–water partition coefficient (Wildman–Crippen LogP) is 2.13. The molecule has 3 rings (SSSR count). The SMILES string of the molecule is CN(C)S(=O)(=O)c1ccc2nc(NC(=O)Cc3ccc(S(C)(=O)=O)cc3)sc2c1. The molecule has 0 bridgehead atoms. The van der Waals surface area contributed by atoms with Crippen LogP contribution in [-0.4, -0.2) is 52.4 Å². The zero-order valence-corrected chi connectivity index (χ0v) is 18.4. The number of anilines is 1. The van der Waals surface area contributed by atoms with Gasteiger partial charge in [0.05, 0.1) is 26.4 Å². The van der Waals surface area contributed by atoms with Crippen molar-refractivity contribution in [2.45, 2.75) is 16.2 Å². The van der Waals surface area contributed by atoms with E-state index >= 15 is 0 Å². The lowest BCUT2D eigenvalue weighted by Crippen LogP contribution is -2.22. The molecule has 0 saturated heterocycles. The lowest BCUT2D eigenvalue weighted by atomic mass is 10.1. The van der Waals surface area contributed by atoms with Gasteiger partial charge >= 0.3 is 0 Å². The zero-order valence-electron chi connectivity index (χ0n) is 15.9. The third-order valence-corrected chi connectivity index (χ3v) is 7.97. The van der Waals surface area contributed by atoms with Gasteiger partial charge < -0.3 is 5.32 Å². The molecule has 0 radical (unpaired) electrons. The summed E-state index contributed by atoms with van der Waals surface area (Å²) >= 11 is 1.18. The molecular formula is C18H19N3O5S3. The second-order valence-electron chi connectivity index (χ2n) is 6.58. The van der Waals surface area contributed by atoms with E-state index in [0.29, 0.717) is 20.9 Å². The minimum absolute atomic E-state index is 0.0558. The van der Waals surface area contributed by atoms with Crippen molar-refractivity contribution < 1.29 is 21.6 Å². The smallest absolute Gasteiger partial charge is 0.242 e. The van der Waals surface area contributed by atoms with Crippen LogP contribution >= 0.6 is 11.3 Å². The number of amides is 1. The van der Waals surface area contributed by atoms with Crippen molar-refractivity contribution in [1.82, 2.24) is 9.29 Å². The van der Waals surface area contributed by atoms with Gasteiger partial charge in [-0.25, -0.2) is 26.1 Å². The van der Waals surface area contributed by atoms with Gasteiger partial charge in [-0.15, -0.1) is 0 Å². The number of benzene rings is 2. The van der Waals surface area contributed by atoms with E-state index in [2.05, 4.69) is 10.3 Å². The number of carbonyl (C=O) groups excluding carboxylic acids is 1. The topological polar surface area (TPSA) is 114 Å². The summed E-state index contributed by atoms with van der Waals surface area (Å²) in [5.41, 5.74) is 1.25. The van der Waals surface area contributed by atoms with Crippen LogP contribution in [0.1, 0.15) is 5.56 Å². The molecule has 0 saturated carbocycles. The van der Waals surface area contributed by atoms with Crippen LogP contribution < -0.4 is 5.32 Å². The van der Waals surface area contributed by atoms with E-state index in [1.165, 1.54) is 49.7 Å². The Bertz CT molecular complexity index is 1280. The second-order valence-corrected chi connectivity index (χ2v) is 11.8. The van der Waals surface area contributed by atoms with E-state index in [9.17, 15) is 21.6 Å². The number of carbonyl (C=O) groups is 1. The van der Waals surface area contributed by atoms with Gasteiger partial charge in [-0.3, -0.25) is 4.79 Å². The molecule has 2 aromatic carbocycles. The summed E-state index contributed by atoms with van der Waals surface area (Å²) in [6, 6.07) is 10.7. The van der Waals surface area contributed by atoms with Crippen LogP contribution in [0, 0.1) is 0 Å². The fourth-order valence-corrected chi connectivity index (χ4v) is 5.09. The van der Waals surface area contributed by atoms with E-state index in [-0.39, 0.29) is 22.1 Å². The number of sulfonamides is 1. The summed E-state index contributed by atoms with van der Waals surface area (Å²) in [4.78, 5) is 16.9. The lowest BCUT2D eigenvalue weighted by molar-refractivity contribution is -0.115. The Kier molecular flexibility index (Phi) is 5.77. The number of hydrogen-bond acceptors (Lipinski definition) is 7. The number of rotatable bonds is 6. The third-order valence-electron chi connectivity index (χ3n) is 4.10. The molecule has 1 heterocycles. The molecule has 1 aromatic heterocycles. The van der Waals surface area contributed by atoms with Crippen LogP contribution in [0.3, 0.4) is 0 Å². The summed E-state index contributed by atoms with van der Waals surface area (Å²) in [5.74, 6) is -0.308. The number of fused-ring (bicyclic) bond motifs is 1. The predicted molar refractivity (Wildman–Crippen MR) is 112 cm³/mol. The Morgan fingerprint density at radius 2 is 1.66 bits per heavy atom. The number of sulfone groups is 1. The normalized spacial score (nSPS) is 12.4. The van der Waals surface area contributed by atoms with Crippen molar-refractivity contribution in [2.75, 3.05) is 25.7 Å². The number of aromatic nitrogens is 1. The average molecular weight is 454 g/mol. The maximum atomic E-state index is 12.3. The van der Waals surface area contributed by atoms with Gasteiger partial charge in [-0.2, -0.15) is 0 Å². The molecule has 1 N–H and O–H groups in total. The maximum Gasteiger partial charge on any atom is 0.242 e. The number of nitrogens with one attached hydrogen (secondary N) is 1. The van der Waals surface area contributed by atoms with Crippen LogP contribution in [0.25, 0.3) is 10.2 Å². The second kappa shape index (κ2) is 7.82. The van der Waals surface area contributed by atoms with Crippen molar-refractivity contribution in [3.05, 3.63) is 48.0 Å². The van der Waals surface area contributed by atoms with E-state index < -0.39 is 19.9 Å². The lowest BCUT2D eigenvalue weighted by Gasteiger charge is -2.10. The number of nitrogens with zero attached hydrogens (tertiary/aromatic N) is 2. The summed E-state index contributed by atoms with van der Waals surface area (Å²) in [6.07, 6.45) is 1.18. The van der Waals surface area contributed by atoms with Gasteiger partial charge in [0, 0.05) is 20.4 Å². The Morgan fingerprint density at radius 1 is 1.03 bits per heavy atom. The molecule has 154 valence electrons. The van der Waals surface area contributed by atoms with Gasteiger partial charge in [-0.1, -0.05) is 23.5 Å². The fraction of sp³-hybridized carbons (Fsp3) is 0.222. The molecule has 0 unspecified atom stereocenters. The van der Waals surface area contributed by atoms with E-state index in [1.54, 1.807) is 18.2 Å². The molecule has 8 nitrogen and oxygen atoms in total. The Labute approximate surface area is 173 Å². The molecule has 1 amide bonds. The van der Waals surface area contributed by atoms with Crippen molar-refractivity contribution >= 4 is 52.5 Å². The molecule has 0 atom stereocenters. The quantitative estimate of drug-likeness (QED) is 0.612. The summed E-state index contributed by atoms with van der Waals surface area (Å²) in [6.45, 7) is 0. The number of hydrogen-bond donors (Lipinski definition) is 1. The highest BCUT2D eigenvalue weighted by molar-refractivity contribution is 7.90. The van der Waals surface area contributed by atoms with Crippen LogP contribution in [0.5, 0.6) is 0 Å². The molecule has 0 aliphatic heterocycles. The van der Waals surface area contributed by atoms with Gasteiger partial charge in [0.15, 0.2) is 15.0 Å². The summed E-state index contributed by atoms with van der Waals surface area (Å²) < 4.78 is 49.3. The highest BCUT2D eigenvalue weighted by Crippen LogP contribution is 2.29. The molecule has 11 heteroatoms. The molecule has 3 aromatic rings. The minimum atomic E-state index is -3.55. The standard InChI is InChI=1S/C18H19N3O5S3/c1-21(2)29(25,26)14-8-9-15-16(11-14)27-18(19-15)20-17(22)10-12-4-6-13(7-5-12)28(3,23)24/h4-9,11H,10H2,1-3H3,(H,19,20,22). The fourth-order valence-electron chi connectivity index (χ4n) is 2.53. The van der Waals surface area contributed by atoms with Crippen LogP contribution in [-0.2, 0) is 31.1 Å². The first-order chi connectivity index (χ1) is 13.5. The van der Waals surface area contributed by atoms with Gasteiger partial charge in [0.25, 0.3) is 0 Å². The minimum Gasteiger partial charge on any atom is -0.302 e. The van der Waals surface area contributed by atoms with Crippen LogP contribution in [0.2, 0.25) is 0 Å². The summed E-state index contributed by atoms with van der Waals surface area (Å²) in [7, 11) is -3.92. The average Bonchev–Trinajstić information content (AvgIpc) is 3.02. The number of thiazole rings is 1. The maximum absolute atomic E-state index is 12.3. The van der Waals surface area contributed by atoms with Crippen LogP contribution in [0.15, 0.2) is 52.3 Å². The first-order valence-electron chi connectivity index (χ1n) is 8.39. The van der Waals surface area contributed by atoms with Gasteiger partial charge in [-0.05, 0) is 35.9 Å². The first-order valence-corrected chi connectivity index (χ1v) is 12.5. The molecule has 0 aliphatic carbocycles. The van der Waals surface area contributed by atoms with Gasteiger partial charge in [0.1, 0.15) is 0 Å². The largest absolute Gasteiger partial charge is 0.302 e. The molecule has 0 fully saturated rings. The Hall–Kier alpha value is -2.34. The first kappa shape index (κ1) is 21.4. The van der Waals surface area contributed by atoms with Crippen molar-refractivity contribution in [1.29, 1.82) is 0 Å². The third kappa shape index (κ3) is 4.81. The highest BCUT2D eigenvalue weighted by atomic mass is 32.2. The molecule has 29 heavy (non-hydrogen) atoms. The van der Waals surface area contributed by atoms with Crippen molar-refractivity contribution in [3.63, 3.8) is 0 Å². The van der Waals surface area contributed by atoms with Gasteiger partial charge in [0.2, 0.25) is 15.9 Å². The summed E-state index contributed by atoms with van der Waals surface area (Å²) in [5, 5.41) is 3.05. The Morgan fingerprint density at radius 3 is 2.24 bits per heavy atom. The Balaban J connectivity index is 1.75. The van der Waals surface area contributed by atoms with Crippen molar-refractivity contribution in [2.24, 2.45) is 0 Å². The molecule has 0 spiro atoms.